The van der Waals surface area contributed by atoms with Gasteiger partial charge in [0.15, 0.2) is 0 Å². The summed E-state index contributed by atoms with van der Waals surface area (Å²) < 4.78 is 43.3. The van der Waals surface area contributed by atoms with Crippen LogP contribution < -0.4 is 0 Å². The van der Waals surface area contributed by atoms with E-state index in [1.54, 1.807) is 6.92 Å². The van der Waals surface area contributed by atoms with E-state index in [1.165, 1.54) is 7.11 Å². The van der Waals surface area contributed by atoms with Crippen LogP contribution in [0.15, 0.2) is 0 Å². The summed E-state index contributed by atoms with van der Waals surface area (Å²) in [4.78, 5) is 97.9. The maximum absolute atomic E-state index is 12.7. The van der Waals surface area contributed by atoms with Crippen LogP contribution in [0, 0.1) is 118 Å². The van der Waals surface area contributed by atoms with Crippen LogP contribution in [0.2, 0.25) is 0 Å². The summed E-state index contributed by atoms with van der Waals surface area (Å²) in [5.41, 5.74) is -0.545. The molecule has 82 heavy (non-hydrogen) atoms. The average molecular weight is 1160 g/mol. The fraction of sp³-hybridized carbons (Fsp3) is 0.871. The summed E-state index contributed by atoms with van der Waals surface area (Å²) in [6.45, 7) is 10.6. The molecule has 0 spiro atoms. The Morgan fingerprint density at radius 2 is 0.720 bits per heavy atom. The maximum Gasteiger partial charge on any atom is 0.310 e. The zero-order valence-corrected chi connectivity index (χ0v) is 48.9. The number of esters is 8. The third kappa shape index (κ3) is 11.7. The van der Waals surface area contributed by atoms with Gasteiger partial charge in [-0.1, -0.05) is 6.92 Å². The van der Waals surface area contributed by atoms with Gasteiger partial charge in [0.2, 0.25) is 0 Å². The first-order valence-electron chi connectivity index (χ1n) is 31.3. The van der Waals surface area contributed by atoms with Gasteiger partial charge in [0.25, 0.3) is 0 Å². The van der Waals surface area contributed by atoms with E-state index in [0.717, 1.165) is 83.5 Å². The summed E-state index contributed by atoms with van der Waals surface area (Å²) in [7, 11) is 1.38. The average Bonchev–Trinajstić information content (AvgIpc) is 4.09. The molecule has 12 saturated carbocycles. The van der Waals surface area contributed by atoms with Crippen molar-refractivity contribution in [2.45, 2.75) is 174 Å². The zero-order chi connectivity index (χ0) is 58.9. The third-order valence-corrected chi connectivity index (χ3v) is 21.5. The lowest BCUT2D eigenvalue weighted by molar-refractivity contribution is -0.173. The molecule has 0 radical (unpaired) electrons. The molecule has 16 bridgehead atoms. The van der Waals surface area contributed by atoms with Gasteiger partial charge in [0.1, 0.15) is 30.0 Å². The number of aliphatic hydroxyl groups is 4. The van der Waals surface area contributed by atoms with Gasteiger partial charge in [-0.15, -0.1) is 0 Å². The van der Waals surface area contributed by atoms with Gasteiger partial charge in [0.05, 0.1) is 67.7 Å². The molecule has 16 aliphatic rings. The molecule has 24 unspecified atom stereocenters. The zero-order valence-electron chi connectivity index (χ0n) is 48.9. The fourth-order valence-corrected chi connectivity index (χ4v) is 18.7. The van der Waals surface area contributed by atoms with Gasteiger partial charge < -0.3 is 58.3 Å². The largest absolute Gasteiger partial charge is 0.469 e. The van der Waals surface area contributed by atoms with Crippen molar-refractivity contribution in [1.29, 1.82) is 0 Å². The highest BCUT2D eigenvalue weighted by atomic mass is 16.6. The summed E-state index contributed by atoms with van der Waals surface area (Å²) in [6, 6.07) is 0. The Balaban J connectivity index is 0.000000132. The van der Waals surface area contributed by atoms with Crippen molar-refractivity contribution in [1.82, 2.24) is 0 Å². The Labute approximate surface area is 481 Å². The number of fused-ring (bicyclic) bond motifs is 4. The molecule has 20 nitrogen and oxygen atoms in total. The van der Waals surface area contributed by atoms with Crippen LogP contribution in [0.3, 0.4) is 0 Å². The molecule has 24 atom stereocenters. The van der Waals surface area contributed by atoms with Crippen LogP contribution in [-0.2, 0) is 76.3 Å². The Kier molecular flexibility index (Phi) is 20.1. The first-order valence-corrected chi connectivity index (χ1v) is 31.3. The highest BCUT2D eigenvalue weighted by Gasteiger charge is 2.68. The van der Waals surface area contributed by atoms with E-state index >= 15 is 0 Å². The quantitative estimate of drug-likeness (QED) is 0.0940. The van der Waals surface area contributed by atoms with Crippen molar-refractivity contribution in [3.05, 3.63) is 0 Å². The van der Waals surface area contributed by atoms with Crippen molar-refractivity contribution in [2.24, 2.45) is 118 Å². The lowest BCUT2D eigenvalue weighted by Crippen LogP contribution is -2.53. The van der Waals surface area contributed by atoms with Crippen molar-refractivity contribution in [2.75, 3.05) is 46.8 Å². The molecule has 0 aromatic carbocycles. The number of carbonyl (C=O) groups is 8. The topological polar surface area (TPSA) is 291 Å². The van der Waals surface area contributed by atoms with Gasteiger partial charge >= 0.3 is 47.8 Å². The van der Waals surface area contributed by atoms with Crippen LogP contribution >= 0.6 is 0 Å². The summed E-state index contributed by atoms with van der Waals surface area (Å²) in [6.07, 6.45) is 14.4. The lowest BCUT2D eigenvalue weighted by Gasteiger charge is -2.49. The molecule has 4 saturated heterocycles. The van der Waals surface area contributed by atoms with E-state index in [-0.39, 0.29) is 217 Å². The smallest absolute Gasteiger partial charge is 0.310 e. The first kappa shape index (κ1) is 62.1. The van der Waals surface area contributed by atoms with Gasteiger partial charge in [-0.3, -0.25) is 38.4 Å². The van der Waals surface area contributed by atoms with Crippen LogP contribution in [0.25, 0.3) is 0 Å². The Hall–Kier alpha value is -4.40. The predicted octanol–water partition coefficient (Wildman–Crippen LogP) is 5.32. The molecule has 16 fully saturated rings. The first-order chi connectivity index (χ1) is 39.4. The third-order valence-electron chi connectivity index (χ3n) is 21.5. The second-order valence-electron chi connectivity index (χ2n) is 26.5. The minimum atomic E-state index is -0.545. The number of hydrogen-bond donors (Lipinski definition) is 4. The summed E-state index contributed by atoms with van der Waals surface area (Å²) in [5, 5.41) is 36.3. The van der Waals surface area contributed by atoms with E-state index in [1.807, 2.05) is 27.7 Å². The van der Waals surface area contributed by atoms with Crippen LogP contribution in [-0.4, -0.2) is 145 Å². The van der Waals surface area contributed by atoms with E-state index in [9.17, 15) is 38.4 Å². The molecular weight excluding hydrogens is 1060 g/mol. The Morgan fingerprint density at radius 1 is 0.439 bits per heavy atom. The van der Waals surface area contributed by atoms with Gasteiger partial charge in [-0.2, -0.15) is 0 Å². The van der Waals surface area contributed by atoms with Crippen LogP contribution in [0.4, 0.5) is 0 Å². The van der Waals surface area contributed by atoms with Gasteiger partial charge in [-0.05, 0) is 161 Å². The van der Waals surface area contributed by atoms with Crippen molar-refractivity contribution in [3.63, 3.8) is 0 Å². The number of hydrogen-bond acceptors (Lipinski definition) is 20. The number of rotatable bonds is 19. The standard InChI is InChI=1S/C17H26O5.C16H24O5.C15H22O5.C14H20O5/c1-17(2,3)22-16(20)12-9-6-7-11-13(12)15(19)21-14(11)10(9)5-4-8-18;1-2-8-20-15(18)12-9-5-6-11-13(12)16(19)21-14(11)10(9)4-3-7-17;1-2-19-14(17)11-8-5-6-10-12(11)15(18)20-13(10)9(8)4-3-7-16;1-18-13(16)10-7-4-5-9-11(10)14(17)19-12(9)8(7)3-2-6-15/h9-14,18H,4-8H2,1-3H3;9-14,17H,2-8H2,1H3;8-13,16H,2-7H2,1H3;7-12,15H,2-6H2,1H3. The van der Waals surface area contributed by atoms with Crippen LogP contribution in [0.1, 0.15) is 144 Å². The van der Waals surface area contributed by atoms with Gasteiger partial charge in [0, 0.05) is 73.8 Å². The molecule has 0 aromatic rings. The molecule has 4 heterocycles. The second-order valence-corrected chi connectivity index (χ2v) is 26.5. The van der Waals surface area contributed by atoms with Crippen molar-refractivity contribution in [3.8, 4) is 0 Å². The van der Waals surface area contributed by atoms with Crippen molar-refractivity contribution < 1.29 is 96.7 Å². The molecule has 0 aromatic heterocycles. The number of aliphatic hydroxyl groups excluding tert-OH is 4. The monoisotopic (exact) mass is 1160 g/mol. The number of ether oxygens (including phenoxy) is 8. The molecule has 16 rings (SSSR count). The van der Waals surface area contributed by atoms with Crippen molar-refractivity contribution >= 4 is 47.8 Å². The molecule has 12 aliphatic carbocycles. The number of carbonyl (C=O) groups excluding carboxylic acids is 8. The normalized spacial score (nSPS) is 41.1. The minimum absolute atomic E-state index is 0.0382. The summed E-state index contributed by atoms with van der Waals surface area (Å²) >= 11 is 0. The molecular formula is C62H92O20. The lowest BCUT2D eigenvalue weighted by atomic mass is 9.53. The van der Waals surface area contributed by atoms with Crippen LogP contribution in [0.5, 0.6) is 0 Å². The van der Waals surface area contributed by atoms with E-state index in [2.05, 4.69) is 0 Å². The highest BCUT2D eigenvalue weighted by Crippen LogP contribution is 2.62. The van der Waals surface area contributed by atoms with Gasteiger partial charge in [-0.25, -0.2) is 0 Å². The predicted molar refractivity (Wildman–Crippen MR) is 287 cm³/mol. The number of methoxy groups -OCH3 is 1. The molecule has 4 aliphatic heterocycles. The van der Waals surface area contributed by atoms with E-state index in [4.69, 9.17) is 58.3 Å². The van der Waals surface area contributed by atoms with E-state index < -0.39 is 5.60 Å². The SMILES string of the molecule is CC(C)(C)OC(=O)C1C2CCC3C(OC(=O)C31)C2CCCO.CCCOC(=O)C1C2CCC3C(OC(=O)C31)C2CCCO.CCOC(=O)C1C2CCC3C(OC(=O)C31)C2CCCO.COC(=O)C1C2CCC3C(OC(=O)C31)C2CCCO. The van der Waals surface area contributed by atoms with E-state index in [0.29, 0.717) is 38.9 Å². The minimum Gasteiger partial charge on any atom is -0.469 e. The fourth-order valence-electron chi connectivity index (χ4n) is 18.7. The highest BCUT2D eigenvalue weighted by molar-refractivity contribution is 5.88. The molecule has 0 amide bonds. The Morgan fingerprint density at radius 3 is 0.988 bits per heavy atom. The summed E-state index contributed by atoms with van der Waals surface area (Å²) in [5.74, 6) is -2.25. The molecule has 4 N–H and O–H groups in total. The second kappa shape index (κ2) is 26.5. The maximum atomic E-state index is 12.7. The Bertz CT molecular complexity index is 2310. The molecule has 20 heteroatoms. The molecule has 460 valence electrons.